The highest BCUT2D eigenvalue weighted by Gasteiger charge is 2.20. The number of hydrogen-bond donors (Lipinski definition) is 3. The van der Waals surface area contributed by atoms with Crippen LogP contribution < -0.4 is 5.32 Å². The van der Waals surface area contributed by atoms with Crippen molar-refractivity contribution in [3.63, 3.8) is 0 Å². The van der Waals surface area contributed by atoms with Gasteiger partial charge in [-0.2, -0.15) is 5.10 Å². The number of aromatic amines is 1. The van der Waals surface area contributed by atoms with Crippen LogP contribution in [0.25, 0.3) is 0 Å². The normalized spacial score (nSPS) is 12.0. The minimum atomic E-state index is -0.958. The van der Waals surface area contributed by atoms with Gasteiger partial charge in [0.05, 0.1) is 24.2 Å². The van der Waals surface area contributed by atoms with Crippen LogP contribution in [-0.2, 0) is 4.79 Å². The maximum atomic E-state index is 11.8. The molecule has 3 N–H and O–H groups in total. The first-order chi connectivity index (χ1) is 8.66. The molecule has 7 heteroatoms. The zero-order valence-corrected chi connectivity index (χ0v) is 10.1. The molecule has 1 unspecified atom stereocenters. The summed E-state index contributed by atoms with van der Waals surface area (Å²) in [5.74, 6) is -1.30. The molecule has 0 aromatic carbocycles. The van der Waals surface area contributed by atoms with E-state index in [1.807, 2.05) is 11.4 Å². The number of aliphatic carboxylic acids is 1. The predicted octanol–water partition coefficient (Wildman–Crippen LogP) is 1.42. The molecule has 0 bridgehead atoms. The molecule has 2 rings (SSSR count). The molecule has 6 nitrogen and oxygen atoms in total. The highest BCUT2D eigenvalue weighted by Crippen LogP contribution is 2.22. The van der Waals surface area contributed by atoms with E-state index in [2.05, 4.69) is 15.5 Å². The Morgan fingerprint density at radius 1 is 1.56 bits per heavy atom. The average molecular weight is 265 g/mol. The fourth-order valence-electron chi connectivity index (χ4n) is 1.50. The second-order valence-electron chi connectivity index (χ2n) is 3.63. The number of nitrogens with one attached hydrogen (secondary N) is 2. The lowest BCUT2D eigenvalue weighted by Gasteiger charge is -2.14. The maximum absolute atomic E-state index is 11.8. The molecule has 0 saturated carbocycles. The van der Waals surface area contributed by atoms with Gasteiger partial charge >= 0.3 is 5.97 Å². The Hall–Kier alpha value is -2.15. The standard InChI is InChI=1S/C11H11N3O3S/c15-10(16)4-8(9-2-1-3-18-9)14-11(17)7-5-12-13-6-7/h1-3,5-6,8H,4H2,(H,12,13)(H,14,17)(H,15,16). The van der Waals surface area contributed by atoms with Gasteiger partial charge in [0.1, 0.15) is 0 Å². The second kappa shape index (κ2) is 5.46. The van der Waals surface area contributed by atoms with Gasteiger partial charge in [0, 0.05) is 11.1 Å². The van der Waals surface area contributed by atoms with Crippen molar-refractivity contribution in [1.82, 2.24) is 15.5 Å². The summed E-state index contributed by atoms with van der Waals surface area (Å²) in [6.07, 6.45) is 2.70. The molecule has 0 aliphatic heterocycles. The van der Waals surface area contributed by atoms with Gasteiger partial charge in [-0.05, 0) is 11.4 Å². The molecule has 2 aromatic heterocycles. The Labute approximate surface area is 107 Å². The van der Waals surface area contributed by atoms with E-state index in [-0.39, 0.29) is 12.3 Å². The molecule has 0 fully saturated rings. The quantitative estimate of drug-likeness (QED) is 0.761. The first kappa shape index (κ1) is 12.3. The van der Waals surface area contributed by atoms with Crippen molar-refractivity contribution in [3.05, 3.63) is 40.3 Å². The van der Waals surface area contributed by atoms with Crippen LogP contribution in [0.4, 0.5) is 0 Å². The molecule has 0 spiro atoms. The van der Waals surface area contributed by atoms with Gasteiger partial charge in [-0.25, -0.2) is 0 Å². The molecular weight excluding hydrogens is 254 g/mol. The SMILES string of the molecule is O=C(O)CC(NC(=O)c1cn[nH]c1)c1cccs1. The first-order valence-corrected chi connectivity index (χ1v) is 6.09. The van der Waals surface area contributed by atoms with Crippen molar-refractivity contribution in [2.75, 3.05) is 0 Å². The molecule has 0 saturated heterocycles. The molecule has 18 heavy (non-hydrogen) atoms. The van der Waals surface area contributed by atoms with Gasteiger partial charge in [-0.15, -0.1) is 11.3 Å². The van der Waals surface area contributed by atoms with Crippen LogP contribution in [0.2, 0.25) is 0 Å². The lowest BCUT2D eigenvalue weighted by Crippen LogP contribution is -2.29. The number of nitrogens with zero attached hydrogens (tertiary/aromatic N) is 1. The van der Waals surface area contributed by atoms with Gasteiger partial charge in [-0.3, -0.25) is 14.7 Å². The Morgan fingerprint density at radius 2 is 2.39 bits per heavy atom. The van der Waals surface area contributed by atoms with Crippen molar-refractivity contribution in [1.29, 1.82) is 0 Å². The highest BCUT2D eigenvalue weighted by molar-refractivity contribution is 7.10. The van der Waals surface area contributed by atoms with Crippen molar-refractivity contribution >= 4 is 23.2 Å². The third-order valence-electron chi connectivity index (χ3n) is 2.33. The minimum absolute atomic E-state index is 0.149. The Bertz CT molecular complexity index is 522. The fourth-order valence-corrected chi connectivity index (χ4v) is 2.28. The lowest BCUT2D eigenvalue weighted by atomic mass is 10.1. The number of amides is 1. The molecular formula is C11H11N3O3S. The van der Waals surface area contributed by atoms with E-state index in [1.165, 1.54) is 23.7 Å². The van der Waals surface area contributed by atoms with Crippen LogP contribution in [0.3, 0.4) is 0 Å². The number of carbonyl (C=O) groups is 2. The largest absolute Gasteiger partial charge is 0.481 e. The first-order valence-electron chi connectivity index (χ1n) is 5.21. The summed E-state index contributed by atoms with van der Waals surface area (Å²) in [4.78, 5) is 23.5. The third-order valence-corrected chi connectivity index (χ3v) is 3.32. The second-order valence-corrected chi connectivity index (χ2v) is 4.61. The molecule has 2 aromatic rings. The molecule has 0 aliphatic carbocycles. The number of carboxylic acids is 1. The molecule has 2 heterocycles. The van der Waals surface area contributed by atoms with Gasteiger partial charge < -0.3 is 10.4 Å². The number of aromatic nitrogens is 2. The van der Waals surface area contributed by atoms with Gasteiger partial charge in [0.25, 0.3) is 5.91 Å². The van der Waals surface area contributed by atoms with Gasteiger partial charge in [0.2, 0.25) is 0 Å². The number of hydrogen-bond acceptors (Lipinski definition) is 4. The van der Waals surface area contributed by atoms with E-state index < -0.39 is 12.0 Å². The van der Waals surface area contributed by atoms with Crippen molar-refractivity contribution in [2.45, 2.75) is 12.5 Å². The number of carbonyl (C=O) groups excluding carboxylic acids is 1. The van der Waals surface area contributed by atoms with Crippen LogP contribution in [0.15, 0.2) is 29.9 Å². The zero-order chi connectivity index (χ0) is 13.0. The summed E-state index contributed by atoms with van der Waals surface area (Å²) in [5, 5.41) is 19.6. The molecule has 94 valence electrons. The molecule has 0 aliphatic rings. The summed E-state index contributed by atoms with van der Waals surface area (Å²) in [7, 11) is 0. The summed E-state index contributed by atoms with van der Waals surface area (Å²) in [5.41, 5.74) is 0.377. The zero-order valence-electron chi connectivity index (χ0n) is 9.29. The highest BCUT2D eigenvalue weighted by atomic mass is 32.1. The van der Waals surface area contributed by atoms with Crippen LogP contribution in [0.1, 0.15) is 27.7 Å². The summed E-state index contributed by atoms with van der Waals surface area (Å²) in [6, 6.07) is 3.09. The van der Waals surface area contributed by atoms with Crippen LogP contribution >= 0.6 is 11.3 Å². The monoisotopic (exact) mass is 265 g/mol. The summed E-state index contributed by atoms with van der Waals surface area (Å²) in [6.45, 7) is 0. The summed E-state index contributed by atoms with van der Waals surface area (Å²) >= 11 is 1.41. The molecule has 0 radical (unpaired) electrons. The smallest absolute Gasteiger partial charge is 0.305 e. The van der Waals surface area contributed by atoms with Crippen molar-refractivity contribution in [3.8, 4) is 0 Å². The van der Waals surface area contributed by atoms with E-state index in [4.69, 9.17) is 5.11 Å². The maximum Gasteiger partial charge on any atom is 0.305 e. The van der Waals surface area contributed by atoms with E-state index in [1.54, 1.807) is 6.07 Å². The van der Waals surface area contributed by atoms with E-state index >= 15 is 0 Å². The average Bonchev–Trinajstić information content (AvgIpc) is 3.01. The number of H-pyrrole nitrogens is 1. The van der Waals surface area contributed by atoms with E-state index in [0.717, 1.165) is 4.88 Å². The van der Waals surface area contributed by atoms with Crippen LogP contribution in [0.5, 0.6) is 0 Å². The number of carboxylic acid groups (broad SMARTS) is 1. The summed E-state index contributed by atoms with van der Waals surface area (Å²) < 4.78 is 0. The Balaban J connectivity index is 2.11. The predicted molar refractivity (Wildman–Crippen MR) is 65.4 cm³/mol. The van der Waals surface area contributed by atoms with Crippen LogP contribution in [0, 0.1) is 0 Å². The minimum Gasteiger partial charge on any atom is -0.481 e. The van der Waals surface area contributed by atoms with Gasteiger partial charge in [0.15, 0.2) is 0 Å². The lowest BCUT2D eigenvalue weighted by molar-refractivity contribution is -0.137. The molecule has 1 amide bonds. The van der Waals surface area contributed by atoms with Gasteiger partial charge in [-0.1, -0.05) is 6.07 Å². The van der Waals surface area contributed by atoms with Crippen molar-refractivity contribution in [2.24, 2.45) is 0 Å². The number of rotatable bonds is 5. The van der Waals surface area contributed by atoms with Crippen LogP contribution in [-0.4, -0.2) is 27.2 Å². The number of thiophene rings is 1. The van der Waals surface area contributed by atoms with E-state index in [9.17, 15) is 9.59 Å². The van der Waals surface area contributed by atoms with E-state index in [0.29, 0.717) is 5.56 Å². The van der Waals surface area contributed by atoms with Crippen molar-refractivity contribution < 1.29 is 14.7 Å². The molecule has 1 atom stereocenters. The topological polar surface area (TPSA) is 95.1 Å². The fraction of sp³-hybridized carbons (Fsp3) is 0.182. The third kappa shape index (κ3) is 2.95. The Morgan fingerprint density at radius 3 is 2.94 bits per heavy atom. The Kier molecular flexibility index (Phi) is 3.73.